The Morgan fingerprint density at radius 2 is 2.10 bits per heavy atom. The molecule has 1 aromatic heterocycles. The van der Waals surface area contributed by atoms with E-state index in [4.69, 9.17) is 15.0 Å². The molecule has 0 aliphatic carbocycles. The fraction of sp³-hybridized carbons (Fsp3) is 0.467. The van der Waals surface area contributed by atoms with Crippen molar-refractivity contribution in [2.24, 2.45) is 5.73 Å². The van der Waals surface area contributed by atoms with E-state index in [1.165, 1.54) is 5.56 Å². The number of hydrogen-bond donors (Lipinski definition) is 1. The summed E-state index contributed by atoms with van der Waals surface area (Å²) >= 11 is 0. The maximum absolute atomic E-state index is 6.07. The Hall–Kier alpha value is -1.72. The minimum atomic E-state index is -0.234. The number of nitrogens with zero attached hydrogens (tertiary/aromatic N) is 2. The maximum atomic E-state index is 6.07. The largest absolute Gasteiger partial charge is 0.373 e. The Balaban J connectivity index is 1.81. The number of nitrogens with two attached hydrogens (primary N) is 1. The van der Waals surface area contributed by atoms with Crippen molar-refractivity contribution in [3.63, 3.8) is 0 Å². The predicted octanol–water partition coefficient (Wildman–Crippen LogP) is 2.63. The van der Waals surface area contributed by atoms with Crippen LogP contribution in [-0.2, 0) is 17.8 Å². The lowest BCUT2D eigenvalue weighted by Crippen LogP contribution is -2.12. The molecule has 1 heterocycles. The summed E-state index contributed by atoms with van der Waals surface area (Å²) in [6.07, 6.45) is 2.65. The van der Waals surface area contributed by atoms with Gasteiger partial charge in [0.05, 0.1) is 6.04 Å². The van der Waals surface area contributed by atoms with E-state index in [9.17, 15) is 0 Å². The second-order valence-electron chi connectivity index (χ2n) is 4.73. The van der Waals surface area contributed by atoms with E-state index < -0.39 is 0 Å². The van der Waals surface area contributed by atoms with Gasteiger partial charge in [-0.1, -0.05) is 42.4 Å². The summed E-state index contributed by atoms with van der Waals surface area (Å²) in [6.45, 7) is 3.13. The van der Waals surface area contributed by atoms with Crippen LogP contribution in [0.15, 0.2) is 34.9 Å². The molecule has 0 radical (unpaired) electrons. The highest BCUT2D eigenvalue weighted by molar-refractivity contribution is 5.15. The lowest BCUT2D eigenvalue weighted by atomic mass is 10.1. The summed E-state index contributed by atoms with van der Waals surface area (Å²) in [5, 5.41) is 3.87. The molecular weight excluding hydrogens is 254 g/mol. The number of benzene rings is 1. The molecule has 1 aromatic carbocycles. The summed E-state index contributed by atoms with van der Waals surface area (Å²) in [4.78, 5) is 4.27. The number of aromatic nitrogens is 2. The lowest BCUT2D eigenvalue weighted by Gasteiger charge is -2.06. The summed E-state index contributed by atoms with van der Waals surface area (Å²) in [5.74, 6) is 1.04. The number of aryl methyl sites for hydroxylation is 1. The van der Waals surface area contributed by atoms with E-state index in [0.29, 0.717) is 24.9 Å². The van der Waals surface area contributed by atoms with Crippen LogP contribution in [0.4, 0.5) is 0 Å². The van der Waals surface area contributed by atoms with Gasteiger partial charge in [-0.3, -0.25) is 0 Å². The molecule has 108 valence electrons. The third-order valence-electron chi connectivity index (χ3n) is 2.97. The summed E-state index contributed by atoms with van der Waals surface area (Å²) < 4.78 is 10.5. The van der Waals surface area contributed by atoms with Crippen LogP contribution in [0.2, 0.25) is 0 Å². The fourth-order valence-electron chi connectivity index (χ4n) is 1.87. The Bertz CT molecular complexity index is 499. The highest BCUT2D eigenvalue weighted by atomic mass is 16.5. The van der Waals surface area contributed by atoms with Crippen LogP contribution in [0.25, 0.3) is 0 Å². The van der Waals surface area contributed by atoms with E-state index in [-0.39, 0.29) is 6.04 Å². The molecule has 0 amide bonds. The van der Waals surface area contributed by atoms with Crippen molar-refractivity contribution in [1.82, 2.24) is 10.1 Å². The molecule has 0 aliphatic rings. The van der Waals surface area contributed by atoms with Crippen LogP contribution in [0.1, 0.15) is 43.1 Å². The Morgan fingerprint density at radius 3 is 2.85 bits per heavy atom. The van der Waals surface area contributed by atoms with Crippen molar-refractivity contribution in [1.29, 1.82) is 0 Å². The van der Waals surface area contributed by atoms with Crippen molar-refractivity contribution in [3.05, 3.63) is 47.6 Å². The smallest absolute Gasteiger partial charge is 0.243 e. The number of ether oxygens (including phenoxy) is 1. The summed E-state index contributed by atoms with van der Waals surface area (Å²) in [5.41, 5.74) is 7.33. The van der Waals surface area contributed by atoms with Gasteiger partial charge in [0.2, 0.25) is 5.89 Å². The molecule has 0 spiro atoms. The minimum Gasteiger partial charge on any atom is -0.373 e. The van der Waals surface area contributed by atoms with Crippen LogP contribution >= 0.6 is 0 Å². The first-order valence-corrected chi connectivity index (χ1v) is 6.99. The molecular formula is C15H21N3O2. The molecule has 2 N–H and O–H groups in total. The lowest BCUT2D eigenvalue weighted by molar-refractivity contribution is 0.114. The molecule has 5 nitrogen and oxygen atoms in total. The topological polar surface area (TPSA) is 74.2 Å². The summed E-state index contributed by atoms with van der Waals surface area (Å²) in [6, 6.07) is 10.00. The molecule has 0 aliphatic heterocycles. The molecule has 2 aromatic rings. The van der Waals surface area contributed by atoms with Crippen molar-refractivity contribution in [3.8, 4) is 0 Å². The van der Waals surface area contributed by atoms with Gasteiger partial charge in [-0.25, -0.2) is 0 Å². The number of hydrogen-bond acceptors (Lipinski definition) is 5. The van der Waals surface area contributed by atoms with E-state index in [2.05, 4.69) is 29.2 Å². The van der Waals surface area contributed by atoms with Gasteiger partial charge in [-0.15, -0.1) is 0 Å². The number of rotatable bonds is 8. The highest BCUT2D eigenvalue weighted by Crippen LogP contribution is 2.15. The van der Waals surface area contributed by atoms with Gasteiger partial charge in [0.25, 0.3) is 0 Å². The zero-order valence-electron chi connectivity index (χ0n) is 11.8. The average Bonchev–Trinajstić information content (AvgIpc) is 2.95. The minimum absolute atomic E-state index is 0.234. The van der Waals surface area contributed by atoms with Crippen LogP contribution in [-0.4, -0.2) is 16.7 Å². The second kappa shape index (κ2) is 7.77. The van der Waals surface area contributed by atoms with Gasteiger partial charge >= 0.3 is 0 Å². The normalized spacial score (nSPS) is 12.5. The molecule has 0 saturated carbocycles. The molecule has 0 fully saturated rings. The van der Waals surface area contributed by atoms with Crippen molar-refractivity contribution < 1.29 is 9.26 Å². The molecule has 5 heteroatoms. The van der Waals surface area contributed by atoms with Gasteiger partial charge < -0.3 is 15.0 Å². The zero-order valence-corrected chi connectivity index (χ0v) is 11.8. The fourth-order valence-corrected chi connectivity index (χ4v) is 1.87. The first kappa shape index (κ1) is 14.7. The van der Waals surface area contributed by atoms with E-state index in [0.717, 1.165) is 19.3 Å². The van der Waals surface area contributed by atoms with Gasteiger partial charge in [0.1, 0.15) is 6.61 Å². The predicted molar refractivity (Wildman–Crippen MR) is 75.9 cm³/mol. The Morgan fingerprint density at radius 1 is 1.30 bits per heavy atom. The SMILES string of the molecule is CCCOCc1noc([C@@H](N)CCc2ccccc2)n1. The van der Waals surface area contributed by atoms with Crippen LogP contribution in [0.5, 0.6) is 0 Å². The Kier molecular flexibility index (Phi) is 5.70. The van der Waals surface area contributed by atoms with Crippen molar-refractivity contribution >= 4 is 0 Å². The molecule has 20 heavy (non-hydrogen) atoms. The van der Waals surface area contributed by atoms with Gasteiger partial charge in [-0.05, 0) is 24.8 Å². The first-order chi connectivity index (χ1) is 9.79. The van der Waals surface area contributed by atoms with Crippen molar-refractivity contribution in [2.45, 2.75) is 38.8 Å². The summed E-state index contributed by atoms with van der Waals surface area (Å²) in [7, 11) is 0. The third-order valence-corrected chi connectivity index (χ3v) is 2.97. The molecule has 0 unspecified atom stereocenters. The molecule has 2 rings (SSSR count). The maximum Gasteiger partial charge on any atom is 0.243 e. The van der Waals surface area contributed by atoms with Crippen LogP contribution in [0.3, 0.4) is 0 Å². The first-order valence-electron chi connectivity index (χ1n) is 6.99. The van der Waals surface area contributed by atoms with E-state index in [1.54, 1.807) is 0 Å². The molecule has 1 atom stereocenters. The van der Waals surface area contributed by atoms with Gasteiger partial charge in [-0.2, -0.15) is 4.98 Å². The van der Waals surface area contributed by atoms with E-state index >= 15 is 0 Å². The van der Waals surface area contributed by atoms with E-state index in [1.807, 2.05) is 18.2 Å². The van der Waals surface area contributed by atoms with Crippen LogP contribution in [0, 0.1) is 0 Å². The highest BCUT2D eigenvalue weighted by Gasteiger charge is 2.14. The standard InChI is InChI=1S/C15H21N3O2/c1-2-10-19-11-14-17-15(20-18-14)13(16)9-8-12-6-4-3-5-7-12/h3-7,13H,2,8-11,16H2,1H3/t13-/m0/s1. The zero-order chi connectivity index (χ0) is 14.2. The van der Waals surface area contributed by atoms with Gasteiger partial charge in [0.15, 0.2) is 5.82 Å². The van der Waals surface area contributed by atoms with Gasteiger partial charge in [0, 0.05) is 6.61 Å². The van der Waals surface area contributed by atoms with Crippen molar-refractivity contribution in [2.75, 3.05) is 6.61 Å². The average molecular weight is 275 g/mol. The monoisotopic (exact) mass is 275 g/mol. The Labute approximate surface area is 119 Å². The second-order valence-corrected chi connectivity index (χ2v) is 4.73. The quantitative estimate of drug-likeness (QED) is 0.750. The third kappa shape index (κ3) is 4.43. The molecule has 0 saturated heterocycles. The van der Waals surface area contributed by atoms with Crippen LogP contribution < -0.4 is 5.73 Å². The molecule has 0 bridgehead atoms.